The zero-order valence-corrected chi connectivity index (χ0v) is 12.1. The maximum absolute atomic E-state index is 6.06. The summed E-state index contributed by atoms with van der Waals surface area (Å²) in [7, 11) is 1.74. The van der Waals surface area contributed by atoms with E-state index in [0.29, 0.717) is 10.7 Å². The number of para-hydroxylation sites is 1. The van der Waals surface area contributed by atoms with Crippen LogP contribution in [0.4, 0.5) is 0 Å². The van der Waals surface area contributed by atoms with E-state index in [1.807, 2.05) is 12.1 Å². The van der Waals surface area contributed by atoms with Crippen LogP contribution in [0.3, 0.4) is 0 Å². The molecule has 0 spiro atoms. The molecular formula is C14H19BrO2. The van der Waals surface area contributed by atoms with Crippen LogP contribution >= 0.6 is 15.9 Å². The van der Waals surface area contributed by atoms with Gasteiger partial charge in [0.15, 0.2) is 0 Å². The van der Waals surface area contributed by atoms with Gasteiger partial charge in [0.2, 0.25) is 0 Å². The van der Waals surface area contributed by atoms with Crippen molar-refractivity contribution >= 4 is 15.9 Å². The van der Waals surface area contributed by atoms with Gasteiger partial charge in [-0.2, -0.15) is 0 Å². The first-order chi connectivity index (χ1) is 8.13. The molecule has 3 heteroatoms. The summed E-state index contributed by atoms with van der Waals surface area (Å²) in [5.41, 5.74) is 1.26. The molecule has 3 unspecified atom stereocenters. The minimum Gasteiger partial charge on any atom is -0.487 e. The highest BCUT2D eigenvalue weighted by Gasteiger charge is 2.41. The van der Waals surface area contributed by atoms with Crippen molar-refractivity contribution in [2.24, 2.45) is 0 Å². The highest BCUT2D eigenvalue weighted by Crippen LogP contribution is 2.36. The van der Waals surface area contributed by atoms with Crippen LogP contribution in [0.5, 0.6) is 5.75 Å². The number of ether oxygens (including phenoxy) is 2. The Morgan fingerprint density at radius 2 is 2.00 bits per heavy atom. The van der Waals surface area contributed by atoms with Crippen molar-refractivity contribution in [1.29, 1.82) is 0 Å². The maximum Gasteiger partial charge on any atom is 0.127 e. The van der Waals surface area contributed by atoms with Gasteiger partial charge in [-0.3, -0.25) is 0 Å². The van der Waals surface area contributed by atoms with Crippen molar-refractivity contribution < 1.29 is 9.47 Å². The van der Waals surface area contributed by atoms with E-state index >= 15 is 0 Å². The lowest BCUT2D eigenvalue weighted by Gasteiger charge is -2.40. The average Bonchev–Trinajstić information content (AvgIpc) is 2.29. The smallest absolute Gasteiger partial charge is 0.127 e. The van der Waals surface area contributed by atoms with E-state index in [4.69, 9.17) is 9.47 Å². The molecule has 1 fully saturated rings. The zero-order valence-electron chi connectivity index (χ0n) is 10.5. The standard InChI is InChI=1S/C14H19BrO2/c1-9(2)10-6-4-5-7-12(10)17-13-8-11(15)14(13)16-3/h4-7,9,11,13-14H,8H2,1-3H3. The second kappa shape index (κ2) is 5.40. The number of rotatable bonds is 4. The highest BCUT2D eigenvalue weighted by atomic mass is 79.9. The van der Waals surface area contributed by atoms with Gasteiger partial charge in [-0.1, -0.05) is 48.0 Å². The Hall–Kier alpha value is -0.540. The van der Waals surface area contributed by atoms with E-state index in [9.17, 15) is 0 Å². The average molecular weight is 299 g/mol. The van der Waals surface area contributed by atoms with Gasteiger partial charge in [-0.15, -0.1) is 0 Å². The van der Waals surface area contributed by atoms with E-state index in [1.54, 1.807) is 7.11 Å². The second-order valence-electron chi connectivity index (χ2n) is 4.80. The normalized spacial score (nSPS) is 27.9. The van der Waals surface area contributed by atoms with Crippen LogP contribution < -0.4 is 4.74 Å². The summed E-state index contributed by atoms with van der Waals surface area (Å²) in [5.74, 6) is 1.47. The van der Waals surface area contributed by atoms with E-state index in [0.717, 1.165) is 12.2 Å². The predicted molar refractivity (Wildman–Crippen MR) is 73.1 cm³/mol. The summed E-state index contributed by atoms with van der Waals surface area (Å²) in [6.45, 7) is 4.37. The van der Waals surface area contributed by atoms with Crippen molar-refractivity contribution in [1.82, 2.24) is 0 Å². The molecule has 2 rings (SSSR count). The van der Waals surface area contributed by atoms with Crippen LogP contribution in [-0.2, 0) is 4.74 Å². The molecule has 0 N–H and O–H groups in total. The molecule has 3 atom stereocenters. The van der Waals surface area contributed by atoms with Gasteiger partial charge in [0.25, 0.3) is 0 Å². The zero-order chi connectivity index (χ0) is 12.4. The lowest BCUT2D eigenvalue weighted by atomic mass is 9.91. The fourth-order valence-electron chi connectivity index (χ4n) is 2.17. The molecule has 17 heavy (non-hydrogen) atoms. The van der Waals surface area contributed by atoms with E-state index in [2.05, 4.69) is 41.9 Å². The Morgan fingerprint density at radius 1 is 1.29 bits per heavy atom. The number of alkyl halides is 1. The first-order valence-corrected chi connectivity index (χ1v) is 6.97. The van der Waals surface area contributed by atoms with Gasteiger partial charge < -0.3 is 9.47 Å². The molecule has 1 aliphatic rings. The van der Waals surface area contributed by atoms with E-state index in [-0.39, 0.29) is 12.2 Å². The second-order valence-corrected chi connectivity index (χ2v) is 5.98. The lowest BCUT2D eigenvalue weighted by molar-refractivity contribution is -0.0548. The highest BCUT2D eigenvalue weighted by molar-refractivity contribution is 9.09. The monoisotopic (exact) mass is 298 g/mol. The third-order valence-electron chi connectivity index (χ3n) is 3.27. The Kier molecular flexibility index (Phi) is 4.10. The summed E-state index contributed by atoms with van der Waals surface area (Å²) >= 11 is 3.58. The van der Waals surface area contributed by atoms with Gasteiger partial charge in [-0.25, -0.2) is 0 Å². The SMILES string of the molecule is COC1C(Br)CC1Oc1ccccc1C(C)C. The quantitative estimate of drug-likeness (QED) is 0.789. The van der Waals surface area contributed by atoms with Crippen molar-refractivity contribution in [2.45, 2.75) is 43.2 Å². The van der Waals surface area contributed by atoms with Crippen molar-refractivity contribution in [3.63, 3.8) is 0 Å². The molecule has 1 aromatic rings. The fourth-order valence-corrected chi connectivity index (χ4v) is 3.09. The Labute approximate surface area is 111 Å². The molecule has 1 saturated carbocycles. The van der Waals surface area contributed by atoms with E-state index in [1.165, 1.54) is 5.56 Å². The summed E-state index contributed by atoms with van der Waals surface area (Å²) in [6, 6.07) is 8.26. The Bertz CT molecular complexity index is 378. The van der Waals surface area contributed by atoms with Crippen LogP contribution in [0.25, 0.3) is 0 Å². The minimum atomic E-state index is 0.162. The molecule has 0 aliphatic heterocycles. The van der Waals surface area contributed by atoms with Gasteiger partial charge >= 0.3 is 0 Å². The van der Waals surface area contributed by atoms with Gasteiger partial charge in [0, 0.05) is 18.4 Å². The topological polar surface area (TPSA) is 18.5 Å². The van der Waals surface area contributed by atoms with Crippen LogP contribution in [-0.4, -0.2) is 24.1 Å². The molecule has 0 aromatic heterocycles. The molecule has 2 nitrogen and oxygen atoms in total. The largest absolute Gasteiger partial charge is 0.487 e. The molecule has 1 aliphatic carbocycles. The van der Waals surface area contributed by atoms with Gasteiger partial charge in [0.1, 0.15) is 18.0 Å². The molecule has 0 saturated heterocycles. The molecule has 1 aromatic carbocycles. The number of benzene rings is 1. The molecule has 0 bridgehead atoms. The molecule has 0 amide bonds. The molecule has 94 valence electrons. The minimum absolute atomic E-state index is 0.162. The van der Waals surface area contributed by atoms with Crippen molar-refractivity contribution in [3.05, 3.63) is 29.8 Å². The number of hydrogen-bond donors (Lipinski definition) is 0. The summed E-state index contributed by atoms with van der Waals surface area (Å²) in [5, 5.41) is 0. The third-order valence-corrected chi connectivity index (χ3v) is 4.17. The third kappa shape index (κ3) is 2.66. The number of hydrogen-bond acceptors (Lipinski definition) is 2. The van der Waals surface area contributed by atoms with Crippen molar-refractivity contribution in [2.75, 3.05) is 7.11 Å². The summed E-state index contributed by atoms with van der Waals surface area (Å²) < 4.78 is 11.5. The number of methoxy groups -OCH3 is 1. The van der Waals surface area contributed by atoms with Crippen LogP contribution in [0, 0.1) is 0 Å². The van der Waals surface area contributed by atoms with Crippen LogP contribution in [0.1, 0.15) is 31.7 Å². The van der Waals surface area contributed by atoms with Crippen LogP contribution in [0.15, 0.2) is 24.3 Å². The molecule has 0 heterocycles. The predicted octanol–water partition coefficient (Wildman–Crippen LogP) is 3.74. The van der Waals surface area contributed by atoms with Gasteiger partial charge in [0.05, 0.1) is 0 Å². The van der Waals surface area contributed by atoms with E-state index < -0.39 is 0 Å². The van der Waals surface area contributed by atoms with Crippen molar-refractivity contribution in [3.8, 4) is 5.75 Å². The molecule has 0 radical (unpaired) electrons. The Morgan fingerprint density at radius 3 is 2.59 bits per heavy atom. The van der Waals surface area contributed by atoms with Gasteiger partial charge in [-0.05, 0) is 17.5 Å². The molecular weight excluding hydrogens is 280 g/mol. The Balaban J connectivity index is 2.09. The first kappa shape index (κ1) is 12.9. The number of halogens is 1. The fraction of sp³-hybridized carbons (Fsp3) is 0.571. The first-order valence-electron chi connectivity index (χ1n) is 6.06. The summed E-state index contributed by atoms with van der Waals surface area (Å²) in [6.07, 6.45) is 1.34. The maximum atomic E-state index is 6.06. The van der Waals surface area contributed by atoms with Crippen LogP contribution in [0.2, 0.25) is 0 Å². The summed E-state index contributed by atoms with van der Waals surface area (Å²) in [4.78, 5) is 0.420. The lowest BCUT2D eigenvalue weighted by Crippen LogP contribution is -2.52.